The van der Waals surface area contributed by atoms with E-state index in [0.29, 0.717) is 5.56 Å². The van der Waals surface area contributed by atoms with Crippen molar-refractivity contribution in [1.29, 1.82) is 0 Å². The van der Waals surface area contributed by atoms with E-state index in [1.165, 1.54) is 0 Å². The summed E-state index contributed by atoms with van der Waals surface area (Å²) >= 11 is 5.99. The molecule has 0 aromatic heterocycles. The number of carboxylic acids is 1. The van der Waals surface area contributed by atoms with Crippen LogP contribution < -0.4 is 0 Å². The molecule has 1 aromatic rings. The normalized spacial score (nSPS) is 12.4. The van der Waals surface area contributed by atoms with Gasteiger partial charge in [-0.3, -0.25) is 0 Å². The Morgan fingerprint density at radius 3 is 2.43 bits per heavy atom. The zero-order chi connectivity index (χ0) is 10.6. The van der Waals surface area contributed by atoms with E-state index >= 15 is 0 Å². The smallest absolute Gasteiger partial charge is 0.335 e. The maximum atomic E-state index is 10.6. The SMILES string of the molecule is CCC(Cl)Cc1ccc(C(=O)O)cc1. The lowest BCUT2D eigenvalue weighted by atomic mass is 10.1. The van der Waals surface area contributed by atoms with Gasteiger partial charge in [-0.05, 0) is 30.5 Å². The van der Waals surface area contributed by atoms with Gasteiger partial charge >= 0.3 is 5.97 Å². The van der Waals surface area contributed by atoms with Gasteiger partial charge in [0.2, 0.25) is 0 Å². The van der Waals surface area contributed by atoms with E-state index in [4.69, 9.17) is 16.7 Å². The fourth-order valence-electron chi connectivity index (χ4n) is 1.18. The maximum absolute atomic E-state index is 10.6. The Kier molecular flexibility index (Phi) is 3.96. The average Bonchev–Trinajstić information content (AvgIpc) is 2.18. The summed E-state index contributed by atoms with van der Waals surface area (Å²) < 4.78 is 0. The first kappa shape index (κ1) is 11.1. The molecule has 0 heterocycles. The van der Waals surface area contributed by atoms with Crippen molar-refractivity contribution >= 4 is 17.6 Å². The van der Waals surface area contributed by atoms with Crippen LogP contribution in [-0.2, 0) is 6.42 Å². The Hall–Kier alpha value is -1.02. The van der Waals surface area contributed by atoms with Crippen molar-refractivity contribution in [3.8, 4) is 0 Å². The second-order valence-corrected chi connectivity index (χ2v) is 3.83. The van der Waals surface area contributed by atoms with E-state index < -0.39 is 5.97 Å². The molecule has 3 heteroatoms. The minimum absolute atomic E-state index is 0.130. The van der Waals surface area contributed by atoms with E-state index in [0.717, 1.165) is 18.4 Å². The molecular weight excluding hydrogens is 200 g/mol. The molecule has 1 rings (SSSR count). The number of hydrogen-bond donors (Lipinski definition) is 1. The first-order valence-corrected chi connectivity index (χ1v) is 5.03. The molecule has 1 atom stereocenters. The van der Waals surface area contributed by atoms with Crippen molar-refractivity contribution in [2.45, 2.75) is 25.1 Å². The summed E-state index contributed by atoms with van der Waals surface area (Å²) in [6, 6.07) is 6.84. The minimum Gasteiger partial charge on any atom is -0.478 e. The molecule has 0 spiro atoms. The Morgan fingerprint density at radius 2 is 2.00 bits per heavy atom. The van der Waals surface area contributed by atoms with Crippen LogP contribution in [0, 0.1) is 0 Å². The number of aromatic carboxylic acids is 1. The highest BCUT2D eigenvalue weighted by Gasteiger charge is 2.05. The van der Waals surface area contributed by atoms with Crippen LogP contribution in [0.15, 0.2) is 24.3 Å². The summed E-state index contributed by atoms with van der Waals surface area (Å²) in [6.45, 7) is 2.03. The lowest BCUT2D eigenvalue weighted by Crippen LogP contribution is -2.02. The van der Waals surface area contributed by atoms with E-state index in [2.05, 4.69) is 0 Å². The standard InChI is InChI=1S/C11H13ClO2/c1-2-10(12)7-8-3-5-9(6-4-8)11(13)14/h3-6,10H,2,7H2,1H3,(H,13,14). The van der Waals surface area contributed by atoms with Crippen LogP contribution in [0.4, 0.5) is 0 Å². The topological polar surface area (TPSA) is 37.3 Å². The Morgan fingerprint density at radius 1 is 1.43 bits per heavy atom. The number of alkyl halides is 1. The summed E-state index contributed by atoms with van der Waals surface area (Å²) in [4.78, 5) is 10.6. The summed E-state index contributed by atoms with van der Waals surface area (Å²) in [5.74, 6) is -0.894. The molecule has 0 amide bonds. The van der Waals surface area contributed by atoms with Crippen molar-refractivity contribution in [1.82, 2.24) is 0 Å². The number of benzene rings is 1. The van der Waals surface area contributed by atoms with Gasteiger partial charge in [-0.15, -0.1) is 11.6 Å². The molecule has 0 saturated heterocycles. The van der Waals surface area contributed by atoms with Crippen molar-refractivity contribution in [2.75, 3.05) is 0 Å². The molecule has 0 aliphatic carbocycles. The van der Waals surface area contributed by atoms with Crippen molar-refractivity contribution < 1.29 is 9.90 Å². The monoisotopic (exact) mass is 212 g/mol. The van der Waals surface area contributed by atoms with Crippen molar-refractivity contribution in [3.63, 3.8) is 0 Å². The molecule has 0 saturated carbocycles. The predicted octanol–water partition coefficient (Wildman–Crippen LogP) is 2.94. The third-order valence-corrected chi connectivity index (χ3v) is 2.56. The lowest BCUT2D eigenvalue weighted by molar-refractivity contribution is 0.0697. The number of rotatable bonds is 4. The van der Waals surface area contributed by atoms with Gasteiger partial charge in [-0.25, -0.2) is 4.79 Å². The molecule has 0 bridgehead atoms. The average molecular weight is 213 g/mol. The van der Waals surface area contributed by atoms with Crippen LogP contribution in [0.3, 0.4) is 0 Å². The predicted molar refractivity (Wildman–Crippen MR) is 57.0 cm³/mol. The van der Waals surface area contributed by atoms with Crippen LogP contribution in [0.1, 0.15) is 29.3 Å². The summed E-state index contributed by atoms with van der Waals surface area (Å²) in [5.41, 5.74) is 1.40. The summed E-state index contributed by atoms with van der Waals surface area (Å²) in [6.07, 6.45) is 1.71. The molecule has 0 aliphatic heterocycles. The Bertz CT molecular complexity index is 306. The van der Waals surface area contributed by atoms with Gasteiger partial charge in [0, 0.05) is 5.38 Å². The molecule has 14 heavy (non-hydrogen) atoms. The first-order chi connectivity index (χ1) is 6.63. The van der Waals surface area contributed by atoms with Crippen LogP contribution >= 0.6 is 11.6 Å². The van der Waals surface area contributed by atoms with E-state index in [9.17, 15) is 4.79 Å². The van der Waals surface area contributed by atoms with Gasteiger partial charge in [0.25, 0.3) is 0 Å². The Balaban J connectivity index is 2.68. The highest BCUT2D eigenvalue weighted by Crippen LogP contribution is 2.12. The molecule has 2 nitrogen and oxygen atoms in total. The molecule has 0 aliphatic rings. The third-order valence-electron chi connectivity index (χ3n) is 2.10. The van der Waals surface area contributed by atoms with Gasteiger partial charge < -0.3 is 5.11 Å². The molecule has 76 valence electrons. The van der Waals surface area contributed by atoms with Crippen LogP contribution in [-0.4, -0.2) is 16.5 Å². The molecule has 0 fully saturated rings. The van der Waals surface area contributed by atoms with Crippen molar-refractivity contribution in [2.24, 2.45) is 0 Å². The zero-order valence-electron chi connectivity index (χ0n) is 8.03. The number of hydrogen-bond acceptors (Lipinski definition) is 1. The van der Waals surface area contributed by atoms with Gasteiger partial charge in [-0.2, -0.15) is 0 Å². The largest absolute Gasteiger partial charge is 0.478 e. The number of halogens is 1. The van der Waals surface area contributed by atoms with Gasteiger partial charge in [0.05, 0.1) is 5.56 Å². The second kappa shape index (κ2) is 5.01. The molecule has 0 radical (unpaired) electrons. The minimum atomic E-state index is -0.894. The fourth-order valence-corrected chi connectivity index (χ4v) is 1.36. The van der Waals surface area contributed by atoms with Crippen LogP contribution in [0.5, 0.6) is 0 Å². The lowest BCUT2D eigenvalue weighted by Gasteiger charge is -2.06. The second-order valence-electron chi connectivity index (χ2n) is 3.21. The quantitative estimate of drug-likeness (QED) is 0.780. The van der Waals surface area contributed by atoms with E-state index in [1.807, 2.05) is 19.1 Å². The van der Waals surface area contributed by atoms with E-state index in [1.54, 1.807) is 12.1 Å². The Labute approximate surface area is 88.5 Å². The number of carboxylic acid groups (broad SMARTS) is 1. The highest BCUT2D eigenvalue weighted by molar-refractivity contribution is 6.20. The highest BCUT2D eigenvalue weighted by atomic mass is 35.5. The molecular formula is C11H13ClO2. The summed E-state index contributed by atoms with van der Waals surface area (Å²) in [7, 11) is 0. The maximum Gasteiger partial charge on any atom is 0.335 e. The van der Waals surface area contributed by atoms with Crippen LogP contribution in [0.25, 0.3) is 0 Å². The molecule has 1 N–H and O–H groups in total. The molecule has 1 aromatic carbocycles. The first-order valence-electron chi connectivity index (χ1n) is 4.59. The van der Waals surface area contributed by atoms with Gasteiger partial charge in [0.1, 0.15) is 0 Å². The fraction of sp³-hybridized carbons (Fsp3) is 0.364. The van der Waals surface area contributed by atoms with Gasteiger partial charge in [-0.1, -0.05) is 19.1 Å². The third kappa shape index (κ3) is 3.04. The molecule has 1 unspecified atom stereocenters. The number of carbonyl (C=O) groups is 1. The zero-order valence-corrected chi connectivity index (χ0v) is 8.79. The van der Waals surface area contributed by atoms with Gasteiger partial charge in [0.15, 0.2) is 0 Å². The summed E-state index contributed by atoms with van der Waals surface area (Å²) in [5, 5.41) is 8.81. The van der Waals surface area contributed by atoms with Crippen LogP contribution in [0.2, 0.25) is 0 Å². The van der Waals surface area contributed by atoms with E-state index in [-0.39, 0.29) is 5.38 Å². The van der Waals surface area contributed by atoms with Crippen molar-refractivity contribution in [3.05, 3.63) is 35.4 Å².